The fourth-order valence-corrected chi connectivity index (χ4v) is 3.43. The van der Waals surface area contributed by atoms with Crippen molar-refractivity contribution < 1.29 is 30.5 Å². The summed E-state index contributed by atoms with van der Waals surface area (Å²) in [6, 6.07) is 8.24. The van der Waals surface area contributed by atoms with Gasteiger partial charge in [0.2, 0.25) is 10.9 Å². The molecule has 0 atom stereocenters. The standard InChI is InChI=1S/C16H13F3N2O4S/c1-9-4-3-5-10(2)15(9)21-26(22,23)14-7-6-12(24-14)11-8-13(25-20-11)16(17,18)19/h3-8,21H,1-2H3. The minimum absolute atomic E-state index is 0.161. The van der Waals surface area contributed by atoms with Gasteiger partial charge < -0.3 is 8.94 Å². The lowest BCUT2D eigenvalue weighted by Gasteiger charge is -2.11. The third-order valence-electron chi connectivity index (χ3n) is 3.61. The van der Waals surface area contributed by atoms with Crippen molar-refractivity contribution in [1.82, 2.24) is 5.16 Å². The number of aromatic nitrogens is 1. The van der Waals surface area contributed by atoms with Crippen molar-refractivity contribution in [3.63, 3.8) is 0 Å². The molecule has 6 nitrogen and oxygen atoms in total. The number of furan rings is 1. The molecule has 0 amide bonds. The first kappa shape index (κ1) is 18.1. The molecule has 1 N–H and O–H groups in total. The minimum atomic E-state index is -4.70. The third kappa shape index (κ3) is 3.45. The van der Waals surface area contributed by atoms with Crippen LogP contribution in [0.1, 0.15) is 16.9 Å². The molecule has 138 valence electrons. The number of anilines is 1. The second-order valence-electron chi connectivity index (χ2n) is 5.57. The Bertz CT molecular complexity index is 1030. The highest BCUT2D eigenvalue weighted by Crippen LogP contribution is 2.33. The van der Waals surface area contributed by atoms with Crippen molar-refractivity contribution in [3.05, 3.63) is 53.3 Å². The molecule has 3 aromatic rings. The highest BCUT2D eigenvalue weighted by molar-refractivity contribution is 7.92. The van der Waals surface area contributed by atoms with Gasteiger partial charge in [-0.3, -0.25) is 4.72 Å². The van der Waals surface area contributed by atoms with Gasteiger partial charge in [0.05, 0.1) is 5.69 Å². The number of nitrogens with zero attached hydrogens (tertiary/aromatic N) is 1. The monoisotopic (exact) mass is 386 g/mol. The van der Waals surface area contributed by atoms with Crippen LogP contribution in [0.25, 0.3) is 11.5 Å². The first-order chi connectivity index (χ1) is 12.1. The largest absolute Gasteiger partial charge is 0.452 e. The van der Waals surface area contributed by atoms with Crippen LogP contribution in [0.5, 0.6) is 0 Å². The van der Waals surface area contributed by atoms with Crippen molar-refractivity contribution in [2.45, 2.75) is 25.1 Å². The molecule has 0 aliphatic carbocycles. The molecule has 0 radical (unpaired) electrons. The Hall–Kier alpha value is -2.75. The molecule has 3 rings (SSSR count). The van der Waals surface area contributed by atoms with Gasteiger partial charge in [0.1, 0.15) is 5.69 Å². The molecule has 0 aliphatic rings. The van der Waals surface area contributed by atoms with Gasteiger partial charge in [0, 0.05) is 6.07 Å². The molecule has 0 aliphatic heterocycles. The molecule has 26 heavy (non-hydrogen) atoms. The zero-order valence-electron chi connectivity index (χ0n) is 13.6. The van der Waals surface area contributed by atoms with Gasteiger partial charge in [-0.05, 0) is 37.1 Å². The Labute approximate surface area is 146 Å². The second-order valence-corrected chi connectivity index (χ2v) is 7.18. The molecule has 2 heterocycles. The quantitative estimate of drug-likeness (QED) is 0.720. The summed E-state index contributed by atoms with van der Waals surface area (Å²) in [4.78, 5) is 0. The number of nitrogens with one attached hydrogen (secondary N) is 1. The van der Waals surface area contributed by atoms with Crippen molar-refractivity contribution in [2.24, 2.45) is 0 Å². The molecular weight excluding hydrogens is 373 g/mol. The maximum absolute atomic E-state index is 12.6. The van der Waals surface area contributed by atoms with E-state index in [0.29, 0.717) is 22.9 Å². The molecule has 10 heteroatoms. The van der Waals surface area contributed by atoms with E-state index in [1.165, 1.54) is 6.07 Å². The number of alkyl halides is 3. The summed E-state index contributed by atoms with van der Waals surface area (Å²) in [6.45, 7) is 3.49. The molecule has 2 aromatic heterocycles. The SMILES string of the molecule is Cc1cccc(C)c1NS(=O)(=O)c1ccc(-c2cc(C(F)(F)F)on2)o1. The molecule has 0 saturated heterocycles. The van der Waals surface area contributed by atoms with E-state index in [2.05, 4.69) is 14.4 Å². The van der Waals surface area contributed by atoms with E-state index in [4.69, 9.17) is 4.42 Å². The lowest BCUT2D eigenvalue weighted by molar-refractivity contribution is -0.155. The molecule has 0 fully saturated rings. The average molecular weight is 386 g/mol. The third-order valence-corrected chi connectivity index (χ3v) is 4.83. The van der Waals surface area contributed by atoms with Gasteiger partial charge >= 0.3 is 6.18 Å². The highest BCUT2D eigenvalue weighted by atomic mass is 32.2. The Morgan fingerprint density at radius 2 is 1.73 bits per heavy atom. The summed E-state index contributed by atoms with van der Waals surface area (Å²) < 4.78 is 74.4. The van der Waals surface area contributed by atoms with Gasteiger partial charge in [0.25, 0.3) is 10.0 Å². The fraction of sp³-hybridized carbons (Fsp3) is 0.188. The molecule has 0 spiro atoms. The lowest BCUT2D eigenvalue weighted by atomic mass is 10.1. The van der Waals surface area contributed by atoms with Crippen molar-refractivity contribution >= 4 is 15.7 Å². The topological polar surface area (TPSA) is 85.3 Å². The number of aryl methyl sites for hydroxylation is 2. The summed E-state index contributed by atoms with van der Waals surface area (Å²) in [5, 5.41) is 2.80. The molecule has 0 bridgehead atoms. The average Bonchev–Trinajstić information content (AvgIpc) is 3.19. The van der Waals surface area contributed by atoms with Crippen LogP contribution in [-0.2, 0) is 16.2 Å². The Morgan fingerprint density at radius 3 is 2.31 bits per heavy atom. The summed E-state index contributed by atoms with van der Waals surface area (Å²) in [5.41, 5.74) is 1.58. The summed E-state index contributed by atoms with van der Waals surface area (Å²) in [7, 11) is -4.06. The zero-order chi connectivity index (χ0) is 19.1. The lowest BCUT2D eigenvalue weighted by Crippen LogP contribution is -2.13. The Kier molecular flexibility index (Phi) is 4.31. The van der Waals surface area contributed by atoms with E-state index >= 15 is 0 Å². The van der Waals surface area contributed by atoms with Crippen LogP contribution in [-0.4, -0.2) is 13.6 Å². The maximum atomic E-state index is 12.6. The molecule has 0 unspecified atom stereocenters. The normalized spacial score (nSPS) is 12.3. The van der Waals surface area contributed by atoms with E-state index in [0.717, 1.165) is 6.07 Å². The maximum Gasteiger partial charge on any atom is 0.452 e. The van der Waals surface area contributed by atoms with Crippen LogP contribution in [0, 0.1) is 13.8 Å². The number of hydrogen-bond donors (Lipinski definition) is 1. The summed E-state index contributed by atoms with van der Waals surface area (Å²) in [6.07, 6.45) is -4.70. The number of para-hydroxylation sites is 1. The molecule has 1 aromatic carbocycles. The zero-order valence-corrected chi connectivity index (χ0v) is 14.4. The predicted octanol–water partition coefficient (Wildman–Crippen LogP) is 4.37. The summed E-state index contributed by atoms with van der Waals surface area (Å²) in [5.74, 6) is -1.46. The summed E-state index contributed by atoms with van der Waals surface area (Å²) >= 11 is 0. The van der Waals surface area contributed by atoms with Gasteiger partial charge in [-0.15, -0.1) is 0 Å². The Balaban J connectivity index is 1.90. The van der Waals surface area contributed by atoms with Crippen molar-refractivity contribution in [2.75, 3.05) is 4.72 Å². The van der Waals surface area contributed by atoms with E-state index in [-0.39, 0.29) is 11.5 Å². The molecule has 0 saturated carbocycles. The number of sulfonamides is 1. The van der Waals surface area contributed by atoms with E-state index in [9.17, 15) is 21.6 Å². The minimum Gasteiger partial charge on any atom is -0.441 e. The molecular formula is C16H13F3N2O4S. The highest BCUT2D eigenvalue weighted by Gasteiger charge is 2.36. The predicted molar refractivity (Wildman–Crippen MR) is 85.9 cm³/mol. The van der Waals surface area contributed by atoms with Crippen LogP contribution in [0.2, 0.25) is 0 Å². The number of hydrogen-bond acceptors (Lipinski definition) is 5. The van der Waals surface area contributed by atoms with Crippen LogP contribution in [0.15, 0.2) is 50.4 Å². The van der Waals surface area contributed by atoms with Crippen LogP contribution in [0.4, 0.5) is 18.9 Å². The van der Waals surface area contributed by atoms with Crippen molar-refractivity contribution in [3.8, 4) is 11.5 Å². The smallest absolute Gasteiger partial charge is 0.441 e. The van der Waals surface area contributed by atoms with E-state index < -0.39 is 27.1 Å². The van der Waals surface area contributed by atoms with Crippen molar-refractivity contribution in [1.29, 1.82) is 0 Å². The first-order valence-electron chi connectivity index (χ1n) is 7.31. The number of halogens is 3. The van der Waals surface area contributed by atoms with Gasteiger partial charge in [-0.25, -0.2) is 0 Å². The van der Waals surface area contributed by atoms with Crippen LogP contribution < -0.4 is 4.72 Å². The van der Waals surface area contributed by atoms with Gasteiger partial charge in [-0.2, -0.15) is 21.6 Å². The fourth-order valence-electron chi connectivity index (χ4n) is 2.29. The number of benzene rings is 1. The van der Waals surface area contributed by atoms with Gasteiger partial charge in [0.15, 0.2) is 5.76 Å². The van der Waals surface area contributed by atoms with E-state index in [1.54, 1.807) is 32.0 Å². The van der Waals surface area contributed by atoms with E-state index in [1.807, 2.05) is 0 Å². The van der Waals surface area contributed by atoms with Gasteiger partial charge in [-0.1, -0.05) is 23.4 Å². The number of rotatable bonds is 4. The second kappa shape index (κ2) is 6.20. The van der Waals surface area contributed by atoms with Crippen LogP contribution in [0.3, 0.4) is 0 Å². The van der Waals surface area contributed by atoms with Crippen LogP contribution >= 0.6 is 0 Å². The Morgan fingerprint density at radius 1 is 1.08 bits per heavy atom. The first-order valence-corrected chi connectivity index (χ1v) is 8.79.